The molecule has 0 fully saturated rings. The molecule has 0 spiro atoms. The molecule has 1 aliphatic heterocycles. The van der Waals surface area contributed by atoms with E-state index in [1.54, 1.807) is 0 Å². The number of hydrogen-bond acceptors (Lipinski definition) is 3. The van der Waals surface area contributed by atoms with Crippen LogP contribution in [0.1, 0.15) is 24.5 Å². The molecule has 0 radical (unpaired) electrons. The van der Waals surface area contributed by atoms with Crippen LogP contribution in [0.2, 0.25) is 0 Å². The lowest BCUT2D eigenvalue weighted by Gasteiger charge is -2.30. The Labute approximate surface area is 127 Å². The number of hydrogen-bond donors (Lipinski definition) is 2. The smallest absolute Gasteiger partial charge is 0.0487 e. The minimum atomic E-state index is 0.828. The van der Waals surface area contributed by atoms with E-state index in [0.717, 1.165) is 18.8 Å². The maximum atomic E-state index is 3.29. The Morgan fingerprint density at radius 3 is 2.76 bits per heavy atom. The first-order valence-electron chi connectivity index (χ1n) is 7.77. The molecule has 3 heteroatoms. The van der Waals surface area contributed by atoms with Crippen LogP contribution in [0.3, 0.4) is 0 Å². The summed E-state index contributed by atoms with van der Waals surface area (Å²) in [5, 5.41) is 0. The lowest BCUT2D eigenvalue weighted by atomic mass is 9.99. The molecule has 2 N–H and O–H groups in total. The molecule has 0 bridgehead atoms. The van der Waals surface area contributed by atoms with E-state index in [1.165, 1.54) is 36.2 Å². The van der Waals surface area contributed by atoms with E-state index in [1.807, 2.05) is 18.2 Å². The van der Waals surface area contributed by atoms with Crippen LogP contribution in [0.15, 0.2) is 48.5 Å². The van der Waals surface area contributed by atoms with Crippen LogP contribution in [0.5, 0.6) is 0 Å². The van der Waals surface area contributed by atoms with Gasteiger partial charge in [-0.2, -0.15) is 0 Å². The summed E-state index contributed by atoms with van der Waals surface area (Å²) in [6, 6.07) is 17.0. The maximum Gasteiger partial charge on any atom is 0.0487 e. The molecule has 3 nitrogen and oxygen atoms in total. The Bertz CT molecular complexity index is 580. The second kappa shape index (κ2) is 6.64. The van der Waals surface area contributed by atoms with E-state index in [2.05, 4.69) is 53.0 Å². The van der Waals surface area contributed by atoms with Crippen molar-refractivity contribution in [3.05, 3.63) is 59.7 Å². The Kier molecular flexibility index (Phi) is 4.41. The summed E-state index contributed by atoms with van der Waals surface area (Å²) in [6.07, 6.45) is 2.46. The minimum Gasteiger partial charge on any atom is -0.372 e. The summed E-state index contributed by atoms with van der Waals surface area (Å²) in [6.45, 7) is 5.35. The number of anilines is 2. The molecular formula is C18H23N3. The molecule has 0 unspecified atom stereocenters. The third kappa shape index (κ3) is 3.37. The molecule has 2 aromatic carbocycles. The number of rotatable bonds is 5. The van der Waals surface area contributed by atoms with E-state index in [4.69, 9.17) is 0 Å². The van der Waals surface area contributed by atoms with Gasteiger partial charge in [-0.3, -0.25) is 0 Å². The third-order valence-electron chi connectivity index (χ3n) is 4.04. The zero-order chi connectivity index (χ0) is 14.5. The standard InChI is InChI=1S/C18H23N3/c1-2-21-12-6-7-16-13-15(10-11-18(16)21)14-19-20-17-8-4-3-5-9-17/h3-5,8-11,13,19-20H,2,6-7,12,14H2,1H3. The number of hydrazine groups is 1. The molecule has 1 aliphatic rings. The van der Waals surface area contributed by atoms with Crippen LogP contribution in [-0.2, 0) is 13.0 Å². The SMILES string of the molecule is CCN1CCCc2cc(CNNc3ccccc3)ccc21. The van der Waals surface area contributed by atoms with Gasteiger partial charge in [-0.25, -0.2) is 5.43 Å². The predicted octanol–water partition coefficient (Wildman–Crippen LogP) is 3.58. The minimum absolute atomic E-state index is 0.828. The lowest BCUT2D eigenvalue weighted by Crippen LogP contribution is -2.29. The molecule has 110 valence electrons. The number of benzene rings is 2. The van der Waals surface area contributed by atoms with Gasteiger partial charge in [0.1, 0.15) is 0 Å². The first-order chi connectivity index (χ1) is 10.4. The van der Waals surface area contributed by atoms with Crippen molar-refractivity contribution in [3.63, 3.8) is 0 Å². The van der Waals surface area contributed by atoms with E-state index >= 15 is 0 Å². The number of aryl methyl sites for hydroxylation is 1. The normalized spacial score (nSPS) is 13.9. The van der Waals surface area contributed by atoms with Crippen LogP contribution in [0.25, 0.3) is 0 Å². The van der Waals surface area contributed by atoms with Gasteiger partial charge >= 0.3 is 0 Å². The molecule has 2 aromatic rings. The summed E-state index contributed by atoms with van der Waals surface area (Å²) in [5.74, 6) is 0. The third-order valence-corrected chi connectivity index (χ3v) is 4.04. The van der Waals surface area contributed by atoms with Gasteiger partial charge in [-0.05, 0) is 49.1 Å². The largest absolute Gasteiger partial charge is 0.372 e. The zero-order valence-electron chi connectivity index (χ0n) is 12.6. The fourth-order valence-electron chi connectivity index (χ4n) is 2.94. The lowest BCUT2D eigenvalue weighted by molar-refractivity contribution is 0.704. The Hall–Kier alpha value is -2.00. The summed E-state index contributed by atoms with van der Waals surface area (Å²) in [5.41, 5.74) is 11.8. The highest BCUT2D eigenvalue weighted by atomic mass is 15.3. The molecule has 0 atom stereocenters. The van der Waals surface area contributed by atoms with Gasteiger partial charge in [-0.1, -0.05) is 30.3 Å². The van der Waals surface area contributed by atoms with Crippen molar-refractivity contribution < 1.29 is 0 Å². The first kappa shape index (κ1) is 14.0. The van der Waals surface area contributed by atoms with Crippen LogP contribution in [-0.4, -0.2) is 13.1 Å². The predicted molar refractivity (Wildman–Crippen MR) is 89.6 cm³/mol. The van der Waals surface area contributed by atoms with Crippen molar-refractivity contribution >= 4 is 11.4 Å². The Morgan fingerprint density at radius 2 is 1.95 bits per heavy atom. The molecular weight excluding hydrogens is 258 g/mol. The summed E-state index contributed by atoms with van der Waals surface area (Å²) in [7, 11) is 0. The summed E-state index contributed by atoms with van der Waals surface area (Å²) in [4.78, 5) is 2.47. The van der Waals surface area contributed by atoms with Gasteiger partial charge in [0.2, 0.25) is 0 Å². The van der Waals surface area contributed by atoms with Crippen molar-refractivity contribution in [2.75, 3.05) is 23.4 Å². The van der Waals surface area contributed by atoms with E-state index in [0.29, 0.717) is 0 Å². The average Bonchev–Trinajstić information content (AvgIpc) is 2.55. The average molecular weight is 281 g/mol. The van der Waals surface area contributed by atoms with Crippen molar-refractivity contribution in [1.82, 2.24) is 5.43 Å². The zero-order valence-corrected chi connectivity index (χ0v) is 12.6. The van der Waals surface area contributed by atoms with Crippen molar-refractivity contribution in [2.24, 2.45) is 0 Å². The van der Waals surface area contributed by atoms with Gasteiger partial charge in [-0.15, -0.1) is 0 Å². The monoisotopic (exact) mass is 281 g/mol. The second-order valence-corrected chi connectivity index (χ2v) is 5.49. The van der Waals surface area contributed by atoms with E-state index in [9.17, 15) is 0 Å². The number of nitrogens with zero attached hydrogens (tertiary/aromatic N) is 1. The van der Waals surface area contributed by atoms with Gasteiger partial charge in [0.05, 0.1) is 0 Å². The second-order valence-electron chi connectivity index (χ2n) is 5.49. The van der Waals surface area contributed by atoms with Crippen molar-refractivity contribution in [1.29, 1.82) is 0 Å². The highest BCUT2D eigenvalue weighted by Gasteiger charge is 2.15. The maximum absolute atomic E-state index is 3.29. The van der Waals surface area contributed by atoms with Gasteiger partial charge in [0.15, 0.2) is 0 Å². The molecule has 0 aliphatic carbocycles. The first-order valence-corrected chi connectivity index (χ1v) is 7.77. The fraction of sp³-hybridized carbons (Fsp3) is 0.333. The molecule has 0 saturated heterocycles. The van der Waals surface area contributed by atoms with Crippen LogP contribution in [0, 0.1) is 0 Å². The number of fused-ring (bicyclic) bond motifs is 1. The molecule has 21 heavy (non-hydrogen) atoms. The highest BCUT2D eigenvalue weighted by Crippen LogP contribution is 2.27. The highest BCUT2D eigenvalue weighted by molar-refractivity contribution is 5.56. The molecule has 3 rings (SSSR count). The molecule has 0 amide bonds. The molecule has 1 heterocycles. The summed E-state index contributed by atoms with van der Waals surface area (Å²) >= 11 is 0. The summed E-state index contributed by atoms with van der Waals surface area (Å²) < 4.78 is 0. The Morgan fingerprint density at radius 1 is 1.10 bits per heavy atom. The van der Waals surface area contributed by atoms with Crippen LogP contribution >= 0.6 is 0 Å². The van der Waals surface area contributed by atoms with E-state index < -0.39 is 0 Å². The van der Waals surface area contributed by atoms with Gasteiger partial charge in [0.25, 0.3) is 0 Å². The van der Waals surface area contributed by atoms with E-state index in [-0.39, 0.29) is 0 Å². The van der Waals surface area contributed by atoms with Crippen LogP contribution in [0.4, 0.5) is 11.4 Å². The molecule has 0 aromatic heterocycles. The topological polar surface area (TPSA) is 27.3 Å². The quantitative estimate of drug-likeness (QED) is 0.820. The van der Waals surface area contributed by atoms with Gasteiger partial charge in [0, 0.05) is 31.0 Å². The number of nitrogens with one attached hydrogen (secondary N) is 2. The fourth-order valence-corrected chi connectivity index (χ4v) is 2.94. The Balaban J connectivity index is 1.62. The van der Waals surface area contributed by atoms with Gasteiger partial charge < -0.3 is 10.3 Å². The van der Waals surface area contributed by atoms with Crippen LogP contribution < -0.4 is 15.8 Å². The molecule has 0 saturated carbocycles. The number of para-hydroxylation sites is 1. The van der Waals surface area contributed by atoms with Crippen molar-refractivity contribution in [3.8, 4) is 0 Å². The van der Waals surface area contributed by atoms with Crippen molar-refractivity contribution in [2.45, 2.75) is 26.3 Å².